The van der Waals surface area contributed by atoms with Gasteiger partial charge in [0.2, 0.25) is 0 Å². The molecular formula is C14H12BrNO. The molecule has 17 heavy (non-hydrogen) atoms. The monoisotopic (exact) mass is 289 g/mol. The zero-order valence-electron chi connectivity index (χ0n) is 9.53. The molecule has 0 radical (unpaired) electrons. The minimum absolute atomic E-state index is 0.193. The van der Waals surface area contributed by atoms with Crippen molar-refractivity contribution in [2.45, 2.75) is 19.9 Å². The Bertz CT molecular complexity index is 613. The van der Waals surface area contributed by atoms with Gasteiger partial charge < -0.3 is 4.57 Å². The van der Waals surface area contributed by atoms with E-state index in [2.05, 4.69) is 41.1 Å². The first-order valence-corrected chi connectivity index (χ1v) is 6.40. The Labute approximate surface area is 108 Å². The molecule has 1 aliphatic heterocycles. The fourth-order valence-corrected chi connectivity index (χ4v) is 2.83. The molecule has 2 aromatic rings. The van der Waals surface area contributed by atoms with Crippen LogP contribution in [0.3, 0.4) is 0 Å². The maximum absolute atomic E-state index is 12.1. The number of hydrogen-bond acceptors (Lipinski definition) is 1. The summed E-state index contributed by atoms with van der Waals surface area (Å²) >= 11 is 3.43. The van der Waals surface area contributed by atoms with Crippen molar-refractivity contribution < 1.29 is 4.79 Å². The summed E-state index contributed by atoms with van der Waals surface area (Å²) in [5, 5.41) is 0. The van der Waals surface area contributed by atoms with E-state index in [9.17, 15) is 4.79 Å². The lowest BCUT2D eigenvalue weighted by Crippen LogP contribution is -2.05. The molecule has 86 valence electrons. The van der Waals surface area contributed by atoms with E-state index < -0.39 is 0 Å². The van der Waals surface area contributed by atoms with E-state index in [-0.39, 0.29) is 5.78 Å². The second-order valence-corrected chi connectivity index (χ2v) is 5.46. The number of nitrogens with zero attached hydrogens (tertiary/aromatic N) is 1. The number of carbonyl (C=O) groups excluding carboxylic acids is 1. The number of hydrogen-bond donors (Lipinski definition) is 0. The molecular weight excluding hydrogens is 278 g/mol. The van der Waals surface area contributed by atoms with Crippen molar-refractivity contribution in [2.75, 3.05) is 0 Å². The molecule has 0 N–H and O–H groups in total. The smallest absolute Gasteiger partial charge is 0.183 e. The van der Waals surface area contributed by atoms with Crippen molar-refractivity contribution >= 4 is 21.7 Å². The van der Waals surface area contributed by atoms with Crippen LogP contribution in [0.1, 0.15) is 27.2 Å². The van der Waals surface area contributed by atoms with Crippen LogP contribution in [0, 0.1) is 6.92 Å². The SMILES string of the molecule is Cc1ccc2c(c1)Cn1cc(Br)cc1C(=O)C2. The number of aromatic nitrogens is 1. The van der Waals surface area contributed by atoms with Gasteiger partial charge in [-0.25, -0.2) is 0 Å². The van der Waals surface area contributed by atoms with Crippen LogP contribution < -0.4 is 0 Å². The molecule has 0 bridgehead atoms. The van der Waals surface area contributed by atoms with Gasteiger partial charge in [-0.05, 0) is 40.0 Å². The Balaban J connectivity index is 2.16. The van der Waals surface area contributed by atoms with Crippen molar-refractivity contribution in [3.05, 3.63) is 57.3 Å². The molecule has 1 aliphatic rings. The first kappa shape index (κ1) is 10.8. The first-order valence-electron chi connectivity index (χ1n) is 5.61. The fourth-order valence-electron chi connectivity index (χ4n) is 2.36. The maximum Gasteiger partial charge on any atom is 0.183 e. The van der Waals surface area contributed by atoms with Gasteiger partial charge in [0.1, 0.15) is 0 Å². The van der Waals surface area contributed by atoms with E-state index in [0.29, 0.717) is 6.42 Å². The van der Waals surface area contributed by atoms with Gasteiger partial charge >= 0.3 is 0 Å². The summed E-state index contributed by atoms with van der Waals surface area (Å²) in [6.45, 7) is 2.86. The highest BCUT2D eigenvalue weighted by Crippen LogP contribution is 2.24. The third-order valence-corrected chi connectivity index (χ3v) is 3.64. The number of benzene rings is 1. The van der Waals surface area contributed by atoms with Crippen LogP contribution in [-0.2, 0) is 13.0 Å². The minimum atomic E-state index is 0.193. The van der Waals surface area contributed by atoms with E-state index >= 15 is 0 Å². The van der Waals surface area contributed by atoms with Crippen LogP contribution in [0.4, 0.5) is 0 Å². The van der Waals surface area contributed by atoms with E-state index in [0.717, 1.165) is 22.3 Å². The number of Topliss-reactive ketones (excluding diaryl/α,β-unsaturated/α-hetero) is 1. The largest absolute Gasteiger partial charge is 0.339 e. The second kappa shape index (κ2) is 3.84. The van der Waals surface area contributed by atoms with Gasteiger partial charge in [-0.1, -0.05) is 23.8 Å². The number of halogens is 1. The van der Waals surface area contributed by atoms with Gasteiger partial charge in [-0.2, -0.15) is 0 Å². The molecule has 0 saturated heterocycles. The number of carbonyl (C=O) groups is 1. The Morgan fingerprint density at radius 1 is 1.24 bits per heavy atom. The summed E-state index contributed by atoms with van der Waals surface area (Å²) < 4.78 is 2.99. The highest BCUT2D eigenvalue weighted by Gasteiger charge is 2.20. The van der Waals surface area contributed by atoms with E-state index in [1.807, 2.05) is 16.8 Å². The van der Waals surface area contributed by atoms with E-state index in [4.69, 9.17) is 0 Å². The molecule has 1 aromatic carbocycles. The molecule has 2 nitrogen and oxygen atoms in total. The molecule has 0 unspecified atom stereocenters. The Morgan fingerprint density at radius 3 is 2.88 bits per heavy atom. The van der Waals surface area contributed by atoms with Crippen LogP contribution in [0.2, 0.25) is 0 Å². The lowest BCUT2D eigenvalue weighted by molar-refractivity contribution is 0.0986. The lowest BCUT2D eigenvalue weighted by atomic mass is 10.0. The van der Waals surface area contributed by atoms with Gasteiger partial charge in [0.25, 0.3) is 0 Å². The zero-order chi connectivity index (χ0) is 12.0. The van der Waals surface area contributed by atoms with Crippen LogP contribution >= 0.6 is 15.9 Å². The summed E-state index contributed by atoms with van der Waals surface area (Å²) in [4.78, 5) is 12.1. The molecule has 0 aliphatic carbocycles. The van der Waals surface area contributed by atoms with Gasteiger partial charge in [-0.3, -0.25) is 4.79 Å². The van der Waals surface area contributed by atoms with Crippen molar-refractivity contribution in [1.82, 2.24) is 4.57 Å². The molecule has 0 fully saturated rings. The normalized spacial score (nSPS) is 14.1. The van der Waals surface area contributed by atoms with E-state index in [1.54, 1.807) is 0 Å². The van der Waals surface area contributed by atoms with Crippen molar-refractivity contribution in [1.29, 1.82) is 0 Å². The summed E-state index contributed by atoms with van der Waals surface area (Å²) in [5.41, 5.74) is 4.44. The van der Waals surface area contributed by atoms with Crippen molar-refractivity contribution in [2.24, 2.45) is 0 Å². The van der Waals surface area contributed by atoms with Gasteiger partial charge in [0.05, 0.1) is 5.69 Å². The molecule has 0 amide bonds. The first-order chi connectivity index (χ1) is 8.13. The van der Waals surface area contributed by atoms with Gasteiger partial charge in [-0.15, -0.1) is 0 Å². The molecule has 1 aromatic heterocycles. The predicted octanol–water partition coefficient (Wildman–Crippen LogP) is 3.35. The molecule has 2 heterocycles. The zero-order valence-corrected chi connectivity index (χ0v) is 11.1. The highest BCUT2D eigenvalue weighted by atomic mass is 79.9. The molecule has 0 atom stereocenters. The predicted molar refractivity (Wildman–Crippen MR) is 70.4 cm³/mol. The average molecular weight is 290 g/mol. The van der Waals surface area contributed by atoms with E-state index in [1.165, 1.54) is 11.1 Å². The quantitative estimate of drug-likeness (QED) is 0.729. The van der Waals surface area contributed by atoms with Gasteiger partial charge in [0.15, 0.2) is 5.78 Å². The number of ketones is 1. The van der Waals surface area contributed by atoms with Crippen LogP contribution in [0.25, 0.3) is 0 Å². The molecule has 0 saturated carbocycles. The molecule has 3 rings (SSSR count). The topological polar surface area (TPSA) is 22.0 Å². The van der Waals surface area contributed by atoms with Crippen LogP contribution in [0.5, 0.6) is 0 Å². The lowest BCUT2D eigenvalue weighted by Gasteiger charge is -2.07. The summed E-state index contributed by atoms with van der Waals surface area (Å²) in [5.74, 6) is 0.193. The van der Waals surface area contributed by atoms with Crippen LogP contribution in [-0.4, -0.2) is 10.4 Å². The molecule has 0 spiro atoms. The van der Waals surface area contributed by atoms with Crippen molar-refractivity contribution in [3.8, 4) is 0 Å². The summed E-state index contributed by atoms with van der Waals surface area (Å²) in [6.07, 6.45) is 2.48. The number of fused-ring (bicyclic) bond motifs is 2. The molecule has 3 heteroatoms. The maximum atomic E-state index is 12.1. The summed E-state index contributed by atoms with van der Waals surface area (Å²) in [6, 6.07) is 8.22. The Morgan fingerprint density at radius 2 is 2.06 bits per heavy atom. The number of aryl methyl sites for hydroxylation is 1. The van der Waals surface area contributed by atoms with Crippen LogP contribution in [0.15, 0.2) is 34.9 Å². The Kier molecular flexibility index (Phi) is 2.44. The Hall–Kier alpha value is -1.35. The number of rotatable bonds is 0. The van der Waals surface area contributed by atoms with Gasteiger partial charge in [0, 0.05) is 23.6 Å². The second-order valence-electron chi connectivity index (χ2n) is 4.54. The summed E-state index contributed by atoms with van der Waals surface area (Å²) in [7, 11) is 0. The minimum Gasteiger partial charge on any atom is -0.339 e. The third kappa shape index (κ3) is 1.84. The fraction of sp³-hybridized carbons (Fsp3) is 0.214. The third-order valence-electron chi connectivity index (χ3n) is 3.20. The standard InChI is InChI=1S/C14H12BrNO/c1-9-2-3-10-5-14(17)13-6-12(15)8-16(13)7-11(10)4-9/h2-4,6,8H,5,7H2,1H3. The van der Waals surface area contributed by atoms with Crippen molar-refractivity contribution in [3.63, 3.8) is 0 Å². The average Bonchev–Trinajstić information content (AvgIpc) is 2.58. The highest BCUT2D eigenvalue weighted by molar-refractivity contribution is 9.10.